The van der Waals surface area contributed by atoms with Crippen molar-refractivity contribution in [1.82, 2.24) is 0 Å². The number of rotatable bonds is 6. The van der Waals surface area contributed by atoms with Gasteiger partial charge in [-0.2, -0.15) is 0 Å². The Bertz CT molecular complexity index is 3130. The zero-order valence-corrected chi connectivity index (χ0v) is 47.0. The highest BCUT2D eigenvalue weighted by Gasteiger charge is 2.33. The average Bonchev–Trinajstić information content (AvgIpc) is 3.35. The Labute approximate surface area is 456 Å². The zero-order chi connectivity index (χ0) is 47.4. The number of aliphatic imine (C=N–C) groups is 6. The van der Waals surface area contributed by atoms with E-state index in [1.165, 1.54) is 64.7 Å². The van der Waals surface area contributed by atoms with Crippen molar-refractivity contribution in [3.05, 3.63) is 68.6 Å². The molecule has 6 heterocycles. The summed E-state index contributed by atoms with van der Waals surface area (Å²) in [5.74, 6) is 0. The van der Waals surface area contributed by atoms with E-state index in [1.54, 1.807) is 70.6 Å². The smallest absolute Gasteiger partial charge is 0.255 e. The van der Waals surface area contributed by atoms with Crippen molar-refractivity contribution in [2.24, 2.45) is 30.0 Å². The number of halogens is 6. The van der Waals surface area contributed by atoms with E-state index < -0.39 is 0 Å². The third-order valence-electron chi connectivity index (χ3n) is 10.7. The number of hydrogen-bond donors (Lipinski definition) is 0. The van der Waals surface area contributed by atoms with Crippen molar-refractivity contribution < 1.29 is 9.47 Å². The van der Waals surface area contributed by atoms with Gasteiger partial charge in [0, 0.05) is 61.7 Å². The van der Waals surface area contributed by atoms with E-state index in [0.29, 0.717) is 41.3 Å². The normalized spacial score (nSPS) is 15.6. The first-order valence-corrected chi connectivity index (χ1v) is 30.4. The predicted octanol–water partition coefficient (Wildman–Crippen LogP) is 20.5. The van der Waals surface area contributed by atoms with E-state index in [9.17, 15) is 0 Å². The summed E-state index contributed by atoms with van der Waals surface area (Å²) in [4.78, 5) is 33.9. The summed E-state index contributed by atoms with van der Waals surface area (Å²) in [5, 5.41) is 9.12. The highest BCUT2D eigenvalue weighted by Crippen LogP contribution is 2.60. The number of hydrogen-bond acceptors (Lipinski definition) is 16. The van der Waals surface area contributed by atoms with E-state index in [-0.39, 0.29) is 9.01 Å². The minimum absolute atomic E-state index is 0.288. The highest BCUT2D eigenvalue weighted by molar-refractivity contribution is 8.39. The van der Waals surface area contributed by atoms with Gasteiger partial charge in [-0.25, -0.2) is 30.0 Å². The summed E-state index contributed by atoms with van der Waals surface area (Å²) in [5.41, 5.74) is 5.03. The molecule has 0 bridgehead atoms. The Kier molecular flexibility index (Phi) is 15.7. The predicted molar refractivity (Wildman–Crippen MR) is 310 cm³/mol. The van der Waals surface area contributed by atoms with Crippen LogP contribution in [-0.4, -0.2) is 53.9 Å². The van der Waals surface area contributed by atoms with Gasteiger partial charge < -0.3 is 9.47 Å². The molecule has 0 aliphatic carbocycles. The molecular formula is C46H32Cl6N6O2S8. The van der Waals surface area contributed by atoms with Gasteiger partial charge in [-0.1, -0.05) is 143 Å². The average molecular weight is 1170 g/mol. The Morgan fingerprint density at radius 3 is 1.13 bits per heavy atom. The maximum atomic E-state index is 6.38. The van der Waals surface area contributed by atoms with Gasteiger partial charge in [-0.05, 0) is 97.4 Å². The summed E-state index contributed by atoms with van der Waals surface area (Å²) in [6, 6.07) is 17.0. The van der Waals surface area contributed by atoms with Gasteiger partial charge in [0.15, 0.2) is 9.01 Å². The summed E-state index contributed by atoms with van der Waals surface area (Å²) in [6.07, 6.45) is 8.48. The molecular weight excluding hydrogens is 1140 g/mol. The first-order valence-electron chi connectivity index (χ1n) is 20.8. The van der Waals surface area contributed by atoms with Gasteiger partial charge in [0.25, 0.3) is 10.5 Å². The lowest BCUT2D eigenvalue weighted by Crippen LogP contribution is -2.07. The first kappa shape index (κ1) is 49.8. The highest BCUT2D eigenvalue weighted by atomic mass is 35.5. The fraction of sp³-hybridized carbons (Fsp3) is 0.217. The van der Waals surface area contributed by atoms with Crippen LogP contribution in [0, 0.1) is 0 Å². The maximum Gasteiger partial charge on any atom is 0.255 e. The molecule has 0 amide bonds. The van der Waals surface area contributed by atoms with Crippen molar-refractivity contribution in [2.75, 3.05) is 25.7 Å². The standard InChI is InChI=1S/C20H22N2O2S2.C14H10N2S4.C12Cl6N2S2/c1-3-5-11-23-19-21-13-7-10-16-18-14(8-9-15(25-19)17(13)18)22-20(26-16)24-12-6-4-2;1-17-13-15-7-3-6-10-12-8(16-14(18-2)20-10)4-5-9(19-13)11(7)12;13-3-6(16)10-2-1-7(3)19-11(17)21-9(1)5(15)4(14)8(2)20-12(18)22-10/h7-10H,3-6,11-12H2,1-2H3;3-6H,1-2H3;. The van der Waals surface area contributed by atoms with Gasteiger partial charge >= 0.3 is 0 Å². The number of benzene rings is 6. The third kappa shape index (κ3) is 9.53. The van der Waals surface area contributed by atoms with Gasteiger partial charge in [0.1, 0.15) is 8.75 Å². The van der Waals surface area contributed by atoms with Crippen LogP contribution in [0.25, 0.3) is 32.3 Å². The topological polar surface area (TPSA) is 92.6 Å². The molecule has 0 aromatic heterocycles. The molecule has 0 spiro atoms. The second-order valence-corrected chi connectivity index (χ2v) is 25.7. The minimum atomic E-state index is 0.288. The number of unbranched alkanes of at least 4 members (excludes halogenated alkanes) is 2. The Hall–Kier alpha value is -1.74. The summed E-state index contributed by atoms with van der Waals surface area (Å²) >= 11 is 50.2. The molecule has 6 aromatic carbocycles. The van der Waals surface area contributed by atoms with E-state index in [2.05, 4.69) is 84.9 Å². The summed E-state index contributed by atoms with van der Waals surface area (Å²) in [7, 11) is 0. The molecule has 22 heteroatoms. The summed E-state index contributed by atoms with van der Waals surface area (Å²) in [6.45, 7) is 5.76. The first-order chi connectivity index (χ1) is 33.0. The maximum absolute atomic E-state index is 6.38. The second kappa shape index (κ2) is 21.4. The molecule has 348 valence electrons. The van der Waals surface area contributed by atoms with E-state index >= 15 is 0 Å². The van der Waals surface area contributed by atoms with Gasteiger partial charge in [-0.3, -0.25) is 0 Å². The lowest BCUT2D eigenvalue weighted by molar-refractivity contribution is 0.306. The number of ether oxygens (including phenoxy) is 2. The Morgan fingerprint density at radius 2 is 0.779 bits per heavy atom. The molecule has 12 rings (SSSR count). The van der Waals surface area contributed by atoms with Crippen molar-refractivity contribution in [3.63, 3.8) is 0 Å². The van der Waals surface area contributed by atoms with Crippen molar-refractivity contribution in [3.8, 4) is 0 Å². The molecule has 0 N–H and O–H groups in total. The van der Waals surface area contributed by atoms with E-state index in [4.69, 9.17) is 99.0 Å². The molecule has 0 unspecified atom stereocenters. The van der Waals surface area contributed by atoms with Gasteiger partial charge in [0.2, 0.25) is 0 Å². The lowest BCUT2D eigenvalue weighted by Gasteiger charge is -2.24. The van der Waals surface area contributed by atoms with Crippen LogP contribution in [0.3, 0.4) is 0 Å². The SMILES string of the molecule is CCCCOC1=Nc2ccc3c4c(ccc(c24)S1)N=C(OCCCC)S3.CSC1=Nc2ccc3c4c(ccc(c24)S1)N=C(SC)S3.ClC1=Nc2c(Cl)c(Cl)c3c4c(c(Cl)c(Cl)c(c24)S1)N=C(Cl)S3. The molecule has 68 heavy (non-hydrogen) atoms. The molecule has 0 saturated heterocycles. The second-order valence-electron chi connectivity index (χ2n) is 14.9. The molecule has 8 nitrogen and oxygen atoms in total. The van der Waals surface area contributed by atoms with Crippen LogP contribution >= 0.6 is 164 Å². The molecule has 6 aromatic rings. The van der Waals surface area contributed by atoms with E-state index in [1.807, 2.05) is 0 Å². The van der Waals surface area contributed by atoms with Gasteiger partial charge in [0.05, 0.1) is 67.4 Å². The molecule has 0 saturated carbocycles. The molecule has 0 fully saturated rings. The van der Waals surface area contributed by atoms with Crippen molar-refractivity contribution >= 4 is 258 Å². The van der Waals surface area contributed by atoms with Crippen LogP contribution in [0.2, 0.25) is 20.1 Å². The fourth-order valence-electron chi connectivity index (χ4n) is 7.59. The largest absolute Gasteiger partial charge is 0.473 e. The van der Waals surface area contributed by atoms with Crippen LogP contribution in [0.5, 0.6) is 0 Å². The fourth-order valence-corrected chi connectivity index (χ4v) is 16.0. The molecule has 6 aliphatic rings. The van der Waals surface area contributed by atoms with Crippen LogP contribution in [-0.2, 0) is 9.47 Å². The minimum Gasteiger partial charge on any atom is -0.473 e. The Balaban J connectivity index is 0.000000120. The molecule has 0 radical (unpaired) electrons. The van der Waals surface area contributed by atoms with Crippen LogP contribution in [0.1, 0.15) is 39.5 Å². The monoisotopic (exact) mass is 1170 g/mol. The Morgan fingerprint density at radius 1 is 0.426 bits per heavy atom. The van der Waals surface area contributed by atoms with Crippen molar-refractivity contribution in [2.45, 2.75) is 68.9 Å². The van der Waals surface area contributed by atoms with Crippen molar-refractivity contribution in [1.29, 1.82) is 0 Å². The quantitative estimate of drug-likeness (QED) is 0.150. The van der Waals surface area contributed by atoms with Crippen LogP contribution in [0.4, 0.5) is 34.1 Å². The van der Waals surface area contributed by atoms with E-state index in [0.717, 1.165) is 91.6 Å². The van der Waals surface area contributed by atoms with Crippen LogP contribution in [0.15, 0.2) is 108 Å². The molecule has 0 atom stereocenters. The lowest BCUT2D eigenvalue weighted by atomic mass is 10.1. The third-order valence-corrected chi connectivity index (χ3v) is 20.9. The van der Waals surface area contributed by atoms with Crippen LogP contribution < -0.4 is 0 Å². The number of nitrogens with zero attached hydrogens (tertiary/aromatic N) is 6. The summed E-state index contributed by atoms with van der Waals surface area (Å²) < 4.78 is 14.5. The number of thioether (sulfide) groups is 8. The van der Waals surface area contributed by atoms with Gasteiger partial charge in [-0.15, -0.1) is 23.5 Å². The zero-order valence-electron chi connectivity index (χ0n) is 35.9. The molecule has 6 aliphatic heterocycles.